The van der Waals surface area contributed by atoms with Crippen molar-refractivity contribution < 1.29 is 9.47 Å². The molecular weight excluding hydrogens is 274 g/mol. The van der Waals surface area contributed by atoms with Gasteiger partial charge in [0.2, 0.25) is 0 Å². The molecule has 126 valence electrons. The molecule has 0 fully saturated rings. The molecule has 0 saturated carbocycles. The van der Waals surface area contributed by atoms with E-state index in [1.165, 1.54) is 44.3 Å². The summed E-state index contributed by atoms with van der Waals surface area (Å²) >= 11 is 0. The van der Waals surface area contributed by atoms with Gasteiger partial charge < -0.3 is 14.4 Å². The number of nitrogens with zero attached hydrogens (tertiary/aromatic N) is 1. The molecule has 0 aliphatic rings. The monoisotopic (exact) mass is 307 g/mol. The fourth-order valence-electron chi connectivity index (χ4n) is 2.75. The number of benzene rings is 1. The Balaban J connectivity index is 2.72. The number of rotatable bonds is 11. The van der Waals surface area contributed by atoms with Crippen molar-refractivity contribution in [1.29, 1.82) is 0 Å². The van der Waals surface area contributed by atoms with Gasteiger partial charge in [0.1, 0.15) is 0 Å². The molecule has 0 aliphatic carbocycles. The molecule has 0 bridgehead atoms. The highest BCUT2D eigenvalue weighted by Gasteiger charge is 2.14. The first-order valence-electron chi connectivity index (χ1n) is 8.61. The molecule has 0 N–H and O–H groups in total. The van der Waals surface area contributed by atoms with Gasteiger partial charge >= 0.3 is 0 Å². The highest BCUT2D eigenvalue weighted by molar-refractivity contribution is 5.43. The lowest BCUT2D eigenvalue weighted by molar-refractivity contribution is 0.201. The van der Waals surface area contributed by atoms with Gasteiger partial charge in [0.25, 0.3) is 0 Å². The van der Waals surface area contributed by atoms with Crippen LogP contribution in [0.2, 0.25) is 0 Å². The van der Waals surface area contributed by atoms with Gasteiger partial charge in [-0.05, 0) is 57.0 Å². The van der Waals surface area contributed by atoms with Gasteiger partial charge in [-0.25, -0.2) is 0 Å². The van der Waals surface area contributed by atoms with E-state index in [1.54, 1.807) is 14.2 Å². The van der Waals surface area contributed by atoms with Gasteiger partial charge in [-0.1, -0.05) is 32.8 Å². The molecule has 1 atom stereocenters. The number of ether oxygens (including phenoxy) is 2. The Morgan fingerprint density at radius 2 is 1.55 bits per heavy atom. The van der Waals surface area contributed by atoms with E-state index in [0.29, 0.717) is 6.04 Å². The summed E-state index contributed by atoms with van der Waals surface area (Å²) in [6, 6.07) is 6.81. The maximum atomic E-state index is 5.41. The van der Waals surface area contributed by atoms with E-state index in [9.17, 15) is 0 Å². The van der Waals surface area contributed by atoms with Crippen molar-refractivity contribution in [2.24, 2.45) is 0 Å². The van der Waals surface area contributed by atoms with Crippen molar-refractivity contribution in [2.45, 2.75) is 58.9 Å². The van der Waals surface area contributed by atoms with Crippen LogP contribution in [0.25, 0.3) is 0 Å². The zero-order valence-electron chi connectivity index (χ0n) is 15.0. The maximum absolute atomic E-state index is 5.41. The fraction of sp³-hybridized carbons (Fsp3) is 0.684. The summed E-state index contributed by atoms with van der Waals surface area (Å²) in [6.45, 7) is 9.26. The first-order valence-corrected chi connectivity index (χ1v) is 8.61. The molecule has 1 aromatic rings. The smallest absolute Gasteiger partial charge is 0.160 e. The van der Waals surface area contributed by atoms with Crippen LogP contribution in [-0.4, -0.2) is 38.3 Å². The molecule has 0 radical (unpaired) electrons. The summed E-state index contributed by atoms with van der Waals surface area (Å²) in [4.78, 5) is 2.63. The molecule has 0 saturated heterocycles. The Morgan fingerprint density at radius 1 is 0.955 bits per heavy atom. The topological polar surface area (TPSA) is 21.7 Å². The standard InChI is InChI=1S/C19H33NO2/c1-6-8-12-20(13-9-7-2)16(3)14-17-10-11-18(21-4)19(15-17)22-5/h10-11,15-16H,6-9,12-14H2,1-5H3. The second kappa shape index (κ2) is 10.5. The van der Waals surface area contributed by atoms with Crippen LogP contribution in [0.1, 0.15) is 52.0 Å². The van der Waals surface area contributed by atoms with Crippen molar-refractivity contribution in [3.05, 3.63) is 23.8 Å². The minimum Gasteiger partial charge on any atom is -0.493 e. The Bertz CT molecular complexity index is 412. The van der Waals surface area contributed by atoms with E-state index in [-0.39, 0.29) is 0 Å². The first-order chi connectivity index (χ1) is 10.7. The van der Waals surface area contributed by atoms with Crippen LogP contribution in [0.15, 0.2) is 18.2 Å². The third-order valence-electron chi connectivity index (χ3n) is 4.20. The third-order valence-corrected chi connectivity index (χ3v) is 4.20. The number of hydrogen-bond donors (Lipinski definition) is 0. The summed E-state index contributed by atoms with van der Waals surface area (Å²) < 4.78 is 10.7. The predicted octanol–water partition coefficient (Wildman–Crippen LogP) is 4.54. The molecule has 0 spiro atoms. The van der Waals surface area contributed by atoms with Crippen LogP contribution in [0, 0.1) is 0 Å². The van der Waals surface area contributed by atoms with Crippen LogP contribution in [-0.2, 0) is 6.42 Å². The SMILES string of the molecule is CCCCN(CCCC)C(C)Cc1ccc(OC)c(OC)c1. The van der Waals surface area contributed by atoms with Crippen LogP contribution >= 0.6 is 0 Å². The van der Waals surface area contributed by atoms with Gasteiger partial charge in [0.05, 0.1) is 14.2 Å². The third kappa shape index (κ3) is 5.88. The second-order valence-corrected chi connectivity index (χ2v) is 5.99. The van der Waals surface area contributed by atoms with Crippen molar-refractivity contribution in [3.63, 3.8) is 0 Å². The molecule has 3 nitrogen and oxygen atoms in total. The zero-order chi connectivity index (χ0) is 16.4. The van der Waals surface area contributed by atoms with Gasteiger partial charge in [0.15, 0.2) is 11.5 Å². The van der Waals surface area contributed by atoms with Crippen molar-refractivity contribution in [2.75, 3.05) is 27.3 Å². The summed E-state index contributed by atoms with van der Waals surface area (Å²) in [5.74, 6) is 1.62. The van der Waals surface area contributed by atoms with Crippen molar-refractivity contribution >= 4 is 0 Å². The van der Waals surface area contributed by atoms with Gasteiger partial charge in [-0.2, -0.15) is 0 Å². The van der Waals surface area contributed by atoms with E-state index in [1.807, 2.05) is 6.07 Å². The zero-order valence-corrected chi connectivity index (χ0v) is 15.0. The highest BCUT2D eigenvalue weighted by Crippen LogP contribution is 2.28. The van der Waals surface area contributed by atoms with Crippen LogP contribution in [0.4, 0.5) is 0 Å². The second-order valence-electron chi connectivity index (χ2n) is 5.99. The van der Waals surface area contributed by atoms with E-state index >= 15 is 0 Å². The maximum Gasteiger partial charge on any atom is 0.160 e. The fourth-order valence-corrected chi connectivity index (χ4v) is 2.75. The van der Waals surface area contributed by atoms with E-state index in [0.717, 1.165) is 17.9 Å². The summed E-state index contributed by atoms with van der Waals surface area (Å²) in [7, 11) is 3.37. The molecule has 0 aliphatic heterocycles. The summed E-state index contributed by atoms with van der Waals surface area (Å²) in [5.41, 5.74) is 1.31. The van der Waals surface area contributed by atoms with Crippen molar-refractivity contribution in [1.82, 2.24) is 4.90 Å². The lowest BCUT2D eigenvalue weighted by atomic mass is 10.0. The molecule has 1 rings (SSSR count). The molecular formula is C19H33NO2. The van der Waals surface area contributed by atoms with Gasteiger partial charge in [-0.15, -0.1) is 0 Å². The van der Waals surface area contributed by atoms with Gasteiger partial charge in [-0.3, -0.25) is 0 Å². The molecule has 3 heteroatoms. The average molecular weight is 307 g/mol. The van der Waals surface area contributed by atoms with Crippen molar-refractivity contribution in [3.8, 4) is 11.5 Å². The van der Waals surface area contributed by atoms with E-state index < -0.39 is 0 Å². The van der Waals surface area contributed by atoms with Crippen LogP contribution in [0.5, 0.6) is 11.5 Å². The van der Waals surface area contributed by atoms with E-state index in [2.05, 4.69) is 37.8 Å². The van der Waals surface area contributed by atoms with Crippen LogP contribution < -0.4 is 9.47 Å². The van der Waals surface area contributed by atoms with Gasteiger partial charge in [0, 0.05) is 6.04 Å². The normalized spacial score (nSPS) is 12.5. The number of unbranched alkanes of at least 4 members (excludes halogenated alkanes) is 2. The molecule has 1 unspecified atom stereocenters. The Hall–Kier alpha value is -1.22. The Morgan fingerprint density at radius 3 is 2.05 bits per heavy atom. The molecule has 22 heavy (non-hydrogen) atoms. The lowest BCUT2D eigenvalue weighted by Gasteiger charge is -2.29. The molecule has 0 heterocycles. The van der Waals surface area contributed by atoms with Crippen LogP contribution in [0.3, 0.4) is 0 Å². The molecule has 1 aromatic carbocycles. The lowest BCUT2D eigenvalue weighted by Crippen LogP contribution is -2.36. The highest BCUT2D eigenvalue weighted by atomic mass is 16.5. The average Bonchev–Trinajstić information content (AvgIpc) is 2.54. The minimum absolute atomic E-state index is 0.552. The predicted molar refractivity (Wildman–Crippen MR) is 94.1 cm³/mol. The number of hydrogen-bond acceptors (Lipinski definition) is 3. The summed E-state index contributed by atoms with van der Waals surface area (Å²) in [6.07, 6.45) is 6.12. The largest absolute Gasteiger partial charge is 0.493 e. The molecule has 0 amide bonds. The Labute approximate surface area is 136 Å². The quantitative estimate of drug-likeness (QED) is 0.599. The number of methoxy groups -OCH3 is 2. The Kier molecular flexibility index (Phi) is 8.98. The first kappa shape index (κ1) is 18.8. The minimum atomic E-state index is 0.552. The van der Waals surface area contributed by atoms with E-state index in [4.69, 9.17) is 9.47 Å². The molecule has 0 aromatic heterocycles. The summed E-state index contributed by atoms with van der Waals surface area (Å²) in [5, 5.41) is 0.